The zero-order chi connectivity index (χ0) is 14.0. The first kappa shape index (κ1) is 13.4. The molecule has 0 fully saturated rings. The van der Waals surface area contributed by atoms with E-state index in [0.717, 1.165) is 11.3 Å². The molecule has 0 aliphatic heterocycles. The highest BCUT2D eigenvalue weighted by atomic mass is 35.5. The molecule has 0 bridgehead atoms. The molecule has 0 amide bonds. The zero-order valence-electron chi connectivity index (χ0n) is 10.4. The lowest BCUT2D eigenvalue weighted by atomic mass is 10.2. The fraction of sp³-hybridized carbons (Fsp3) is 0.250. The fourth-order valence-electron chi connectivity index (χ4n) is 1.75. The van der Waals surface area contributed by atoms with Gasteiger partial charge in [0.05, 0.1) is 10.6 Å². The van der Waals surface area contributed by atoms with Crippen LogP contribution in [-0.2, 0) is 6.54 Å². The van der Waals surface area contributed by atoms with Crippen molar-refractivity contribution < 1.29 is 9.45 Å². The number of rotatable bonds is 4. The maximum Gasteiger partial charge on any atom is 0.292 e. The Balaban J connectivity index is 2.24. The van der Waals surface area contributed by atoms with Gasteiger partial charge in [-0.25, -0.2) is 0 Å². The topological polar surface area (TPSA) is 81.2 Å². The van der Waals surface area contributed by atoms with Gasteiger partial charge in [0.2, 0.25) is 0 Å². The van der Waals surface area contributed by atoms with Gasteiger partial charge in [0, 0.05) is 23.2 Å². The van der Waals surface area contributed by atoms with Crippen LogP contribution in [0.15, 0.2) is 22.7 Å². The third kappa shape index (κ3) is 2.85. The molecule has 6 nitrogen and oxygen atoms in total. The minimum Gasteiger partial charge on any atom is -0.375 e. The van der Waals surface area contributed by atoms with Crippen LogP contribution in [0.1, 0.15) is 17.0 Å². The van der Waals surface area contributed by atoms with Crippen molar-refractivity contribution in [1.29, 1.82) is 0 Å². The molecule has 0 saturated heterocycles. The third-order valence-electron chi connectivity index (χ3n) is 2.79. The van der Waals surface area contributed by atoms with E-state index < -0.39 is 4.92 Å². The van der Waals surface area contributed by atoms with Crippen LogP contribution < -0.4 is 5.32 Å². The first-order valence-corrected chi connectivity index (χ1v) is 5.96. The van der Waals surface area contributed by atoms with Gasteiger partial charge in [0.1, 0.15) is 11.4 Å². The van der Waals surface area contributed by atoms with Gasteiger partial charge < -0.3 is 9.84 Å². The van der Waals surface area contributed by atoms with E-state index in [9.17, 15) is 10.1 Å². The summed E-state index contributed by atoms with van der Waals surface area (Å²) in [5, 5.41) is 18.2. The van der Waals surface area contributed by atoms with E-state index in [1.54, 1.807) is 6.92 Å². The first-order valence-electron chi connectivity index (χ1n) is 5.58. The van der Waals surface area contributed by atoms with Crippen molar-refractivity contribution in [3.63, 3.8) is 0 Å². The number of hydrogen-bond donors (Lipinski definition) is 1. The summed E-state index contributed by atoms with van der Waals surface area (Å²) >= 11 is 5.85. The van der Waals surface area contributed by atoms with Crippen LogP contribution >= 0.6 is 11.6 Å². The number of halogens is 1. The van der Waals surface area contributed by atoms with Crippen molar-refractivity contribution in [2.24, 2.45) is 0 Å². The number of nitrogens with zero attached hydrogens (tertiary/aromatic N) is 2. The Hall–Kier alpha value is -2.08. The molecule has 100 valence electrons. The highest BCUT2D eigenvalue weighted by Gasteiger charge is 2.15. The number of hydrogen-bond acceptors (Lipinski definition) is 5. The second kappa shape index (κ2) is 5.27. The summed E-state index contributed by atoms with van der Waals surface area (Å²) < 4.78 is 5.04. The molecular weight excluding hydrogens is 270 g/mol. The number of aromatic nitrogens is 1. The number of aryl methyl sites for hydroxylation is 2. The first-order chi connectivity index (χ1) is 8.99. The van der Waals surface area contributed by atoms with Crippen LogP contribution in [0.4, 0.5) is 11.4 Å². The molecule has 0 unspecified atom stereocenters. The smallest absolute Gasteiger partial charge is 0.292 e. The van der Waals surface area contributed by atoms with Gasteiger partial charge in [0.15, 0.2) is 0 Å². The van der Waals surface area contributed by atoms with Crippen molar-refractivity contribution in [3.8, 4) is 0 Å². The second-order valence-corrected chi connectivity index (χ2v) is 4.51. The molecule has 0 radical (unpaired) electrons. The maximum absolute atomic E-state index is 10.9. The molecule has 19 heavy (non-hydrogen) atoms. The minimum absolute atomic E-state index is 0.0174. The summed E-state index contributed by atoms with van der Waals surface area (Å²) in [6.07, 6.45) is 0. The summed E-state index contributed by atoms with van der Waals surface area (Å²) in [5.74, 6) is 0.690. The van der Waals surface area contributed by atoms with Crippen LogP contribution in [0.3, 0.4) is 0 Å². The number of nitro benzene ring substituents is 1. The SMILES string of the molecule is Cc1noc(C)c1CNc1cc(Cl)ccc1[N+](=O)[O-]. The summed E-state index contributed by atoms with van der Waals surface area (Å²) in [5.41, 5.74) is 2.00. The number of nitro groups is 1. The zero-order valence-corrected chi connectivity index (χ0v) is 11.2. The summed E-state index contributed by atoms with van der Waals surface area (Å²) in [4.78, 5) is 10.5. The Bertz CT molecular complexity index is 605. The van der Waals surface area contributed by atoms with E-state index in [0.29, 0.717) is 23.0 Å². The van der Waals surface area contributed by atoms with Crippen molar-refractivity contribution in [1.82, 2.24) is 5.16 Å². The molecule has 1 N–H and O–H groups in total. The van der Waals surface area contributed by atoms with Gasteiger partial charge in [0.25, 0.3) is 5.69 Å². The van der Waals surface area contributed by atoms with E-state index in [1.165, 1.54) is 18.2 Å². The van der Waals surface area contributed by atoms with Gasteiger partial charge in [-0.05, 0) is 26.0 Å². The summed E-state index contributed by atoms with van der Waals surface area (Å²) in [6, 6.07) is 4.39. The Labute approximate surface area is 114 Å². The van der Waals surface area contributed by atoms with Crippen molar-refractivity contribution in [2.75, 3.05) is 5.32 Å². The van der Waals surface area contributed by atoms with Gasteiger partial charge >= 0.3 is 0 Å². The van der Waals surface area contributed by atoms with E-state index >= 15 is 0 Å². The van der Waals surface area contributed by atoms with Crippen LogP contribution in [0.2, 0.25) is 5.02 Å². The average Bonchev–Trinajstić information content (AvgIpc) is 2.66. The van der Waals surface area contributed by atoms with E-state index in [1.807, 2.05) is 6.92 Å². The molecule has 2 rings (SSSR count). The Morgan fingerprint density at radius 3 is 2.79 bits per heavy atom. The third-order valence-corrected chi connectivity index (χ3v) is 3.03. The standard InChI is InChI=1S/C12H12ClN3O3/c1-7-10(8(2)19-15-7)6-14-11-5-9(13)3-4-12(11)16(17)18/h3-5,14H,6H2,1-2H3. The molecule has 1 aromatic heterocycles. The number of anilines is 1. The lowest BCUT2D eigenvalue weighted by Gasteiger charge is -2.07. The molecule has 1 heterocycles. The van der Waals surface area contributed by atoms with E-state index in [-0.39, 0.29) is 5.69 Å². The van der Waals surface area contributed by atoms with Crippen molar-refractivity contribution in [3.05, 3.63) is 50.4 Å². The van der Waals surface area contributed by atoms with Gasteiger partial charge in [-0.2, -0.15) is 0 Å². The number of benzene rings is 1. The highest BCUT2D eigenvalue weighted by molar-refractivity contribution is 6.31. The molecule has 0 atom stereocenters. The lowest BCUT2D eigenvalue weighted by Crippen LogP contribution is -2.04. The molecule has 0 aliphatic rings. The number of nitrogens with one attached hydrogen (secondary N) is 1. The van der Waals surface area contributed by atoms with Crippen molar-refractivity contribution in [2.45, 2.75) is 20.4 Å². The molecular formula is C12H12ClN3O3. The van der Waals surface area contributed by atoms with E-state index in [2.05, 4.69) is 10.5 Å². The van der Waals surface area contributed by atoms with Crippen LogP contribution in [0, 0.1) is 24.0 Å². The molecule has 0 spiro atoms. The molecule has 7 heteroatoms. The summed E-state index contributed by atoms with van der Waals surface area (Å²) in [7, 11) is 0. The van der Waals surface area contributed by atoms with Gasteiger partial charge in [-0.3, -0.25) is 10.1 Å². The normalized spacial score (nSPS) is 10.5. The molecule has 2 aromatic rings. The predicted molar refractivity (Wildman–Crippen MR) is 71.4 cm³/mol. The monoisotopic (exact) mass is 281 g/mol. The quantitative estimate of drug-likeness (QED) is 0.685. The second-order valence-electron chi connectivity index (χ2n) is 4.07. The van der Waals surface area contributed by atoms with Crippen LogP contribution in [0.25, 0.3) is 0 Å². The van der Waals surface area contributed by atoms with Crippen LogP contribution in [0.5, 0.6) is 0 Å². The maximum atomic E-state index is 10.9. The van der Waals surface area contributed by atoms with Crippen molar-refractivity contribution >= 4 is 23.0 Å². The lowest BCUT2D eigenvalue weighted by molar-refractivity contribution is -0.384. The summed E-state index contributed by atoms with van der Waals surface area (Å²) in [6.45, 7) is 4.01. The largest absolute Gasteiger partial charge is 0.375 e. The highest BCUT2D eigenvalue weighted by Crippen LogP contribution is 2.28. The molecule has 1 aromatic carbocycles. The van der Waals surface area contributed by atoms with E-state index in [4.69, 9.17) is 16.1 Å². The average molecular weight is 282 g/mol. The molecule has 0 aliphatic carbocycles. The minimum atomic E-state index is -0.452. The Morgan fingerprint density at radius 1 is 1.47 bits per heavy atom. The van der Waals surface area contributed by atoms with Gasteiger partial charge in [-0.1, -0.05) is 16.8 Å². The van der Waals surface area contributed by atoms with Crippen LogP contribution in [-0.4, -0.2) is 10.1 Å². The Morgan fingerprint density at radius 2 is 2.21 bits per heavy atom. The molecule has 0 saturated carbocycles. The van der Waals surface area contributed by atoms with Gasteiger partial charge in [-0.15, -0.1) is 0 Å². The Kier molecular flexibility index (Phi) is 3.71. The fourth-order valence-corrected chi connectivity index (χ4v) is 1.92. The predicted octanol–water partition coefficient (Wildman–Crippen LogP) is 3.47.